The summed E-state index contributed by atoms with van der Waals surface area (Å²) in [5.41, 5.74) is 0. The molecule has 23 heavy (non-hydrogen) atoms. The molecule has 0 aromatic heterocycles. The Bertz CT molecular complexity index is 370. The van der Waals surface area contributed by atoms with Crippen LogP contribution in [0.2, 0.25) is 0 Å². The zero-order valence-corrected chi connectivity index (χ0v) is 14.5. The standard InChI is InChI=1S/C18H32N2O3/c1-15(23-14-17-6-5-13-22-17)18(21)20-11-7-16(8-12-20)19-9-3-2-4-10-19/h15-17H,2-14H2,1H3/t15-,17-/m0/s1. The lowest BCUT2D eigenvalue weighted by molar-refractivity contribution is -0.146. The highest BCUT2D eigenvalue weighted by atomic mass is 16.5. The summed E-state index contributed by atoms with van der Waals surface area (Å²) in [7, 11) is 0. The molecule has 0 saturated carbocycles. The Kier molecular flexibility index (Phi) is 6.31. The number of hydrogen-bond donors (Lipinski definition) is 0. The van der Waals surface area contributed by atoms with Crippen molar-refractivity contribution in [1.29, 1.82) is 0 Å². The third-order valence-electron chi connectivity index (χ3n) is 5.59. The Hall–Kier alpha value is -0.650. The second kappa shape index (κ2) is 8.45. The number of rotatable bonds is 5. The van der Waals surface area contributed by atoms with E-state index in [9.17, 15) is 4.79 Å². The predicted octanol–water partition coefficient (Wildman–Crippen LogP) is 2.05. The number of amides is 1. The van der Waals surface area contributed by atoms with Gasteiger partial charge in [0.1, 0.15) is 6.10 Å². The molecule has 0 radical (unpaired) electrons. The second-order valence-corrected chi connectivity index (χ2v) is 7.26. The molecular formula is C18H32N2O3. The zero-order valence-electron chi connectivity index (χ0n) is 14.5. The Morgan fingerprint density at radius 3 is 2.48 bits per heavy atom. The Balaban J connectivity index is 1.38. The number of hydrogen-bond acceptors (Lipinski definition) is 4. The fourth-order valence-corrected chi connectivity index (χ4v) is 4.09. The van der Waals surface area contributed by atoms with Crippen LogP contribution in [0.15, 0.2) is 0 Å². The van der Waals surface area contributed by atoms with Gasteiger partial charge >= 0.3 is 0 Å². The molecule has 3 aliphatic heterocycles. The summed E-state index contributed by atoms with van der Waals surface area (Å²) in [5, 5.41) is 0. The van der Waals surface area contributed by atoms with Crippen molar-refractivity contribution in [3.63, 3.8) is 0 Å². The van der Waals surface area contributed by atoms with Gasteiger partial charge in [-0.15, -0.1) is 0 Å². The molecule has 3 rings (SSSR count). The fraction of sp³-hybridized carbons (Fsp3) is 0.944. The van der Waals surface area contributed by atoms with Crippen LogP contribution in [-0.2, 0) is 14.3 Å². The first-order valence-corrected chi connectivity index (χ1v) is 9.50. The van der Waals surface area contributed by atoms with Crippen molar-refractivity contribution in [2.45, 2.75) is 70.1 Å². The van der Waals surface area contributed by atoms with Gasteiger partial charge in [-0.1, -0.05) is 6.42 Å². The van der Waals surface area contributed by atoms with E-state index in [2.05, 4.69) is 4.90 Å². The van der Waals surface area contributed by atoms with Crippen LogP contribution < -0.4 is 0 Å². The molecule has 1 amide bonds. The molecule has 2 atom stereocenters. The molecule has 0 unspecified atom stereocenters. The van der Waals surface area contributed by atoms with E-state index in [0.29, 0.717) is 12.6 Å². The van der Waals surface area contributed by atoms with Crippen LogP contribution in [0.3, 0.4) is 0 Å². The molecule has 3 fully saturated rings. The van der Waals surface area contributed by atoms with Gasteiger partial charge in [-0.25, -0.2) is 0 Å². The minimum atomic E-state index is -0.342. The fourth-order valence-electron chi connectivity index (χ4n) is 4.09. The van der Waals surface area contributed by atoms with Crippen LogP contribution in [0.1, 0.15) is 51.9 Å². The van der Waals surface area contributed by atoms with Crippen LogP contribution in [0.25, 0.3) is 0 Å². The molecule has 132 valence electrons. The number of carbonyl (C=O) groups is 1. The van der Waals surface area contributed by atoms with E-state index in [1.54, 1.807) is 0 Å². The first kappa shape index (κ1) is 17.2. The third-order valence-corrected chi connectivity index (χ3v) is 5.59. The van der Waals surface area contributed by atoms with Gasteiger partial charge in [0.25, 0.3) is 5.91 Å². The van der Waals surface area contributed by atoms with Crippen molar-refractivity contribution in [3.05, 3.63) is 0 Å². The zero-order chi connectivity index (χ0) is 16.1. The highest BCUT2D eigenvalue weighted by molar-refractivity contribution is 5.80. The third kappa shape index (κ3) is 4.68. The monoisotopic (exact) mass is 324 g/mol. The minimum absolute atomic E-state index is 0.153. The lowest BCUT2D eigenvalue weighted by atomic mass is 9.99. The first-order valence-electron chi connectivity index (χ1n) is 9.50. The first-order chi connectivity index (χ1) is 11.2. The maximum atomic E-state index is 12.5. The van der Waals surface area contributed by atoms with Crippen LogP contribution in [0, 0.1) is 0 Å². The van der Waals surface area contributed by atoms with Crippen LogP contribution >= 0.6 is 0 Å². The smallest absolute Gasteiger partial charge is 0.251 e. The maximum Gasteiger partial charge on any atom is 0.251 e. The van der Waals surface area contributed by atoms with Crippen LogP contribution in [-0.4, -0.2) is 73.3 Å². The minimum Gasteiger partial charge on any atom is -0.376 e. The van der Waals surface area contributed by atoms with Crippen molar-refractivity contribution in [1.82, 2.24) is 9.80 Å². The molecule has 5 nitrogen and oxygen atoms in total. The number of nitrogens with zero attached hydrogens (tertiary/aromatic N) is 2. The Morgan fingerprint density at radius 2 is 1.83 bits per heavy atom. The quantitative estimate of drug-likeness (QED) is 0.776. The Morgan fingerprint density at radius 1 is 1.09 bits per heavy atom. The molecule has 0 bridgehead atoms. The molecule has 0 aromatic carbocycles. The molecule has 0 N–H and O–H groups in total. The van der Waals surface area contributed by atoms with E-state index in [1.807, 2.05) is 11.8 Å². The van der Waals surface area contributed by atoms with Crippen molar-refractivity contribution < 1.29 is 14.3 Å². The molecule has 0 spiro atoms. The largest absolute Gasteiger partial charge is 0.376 e. The van der Waals surface area contributed by atoms with Crippen LogP contribution in [0.4, 0.5) is 0 Å². The van der Waals surface area contributed by atoms with E-state index in [1.165, 1.54) is 32.4 Å². The van der Waals surface area contributed by atoms with E-state index >= 15 is 0 Å². The van der Waals surface area contributed by atoms with Crippen molar-refractivity contribution in [2.24, 2.45) is 0 Å². The topological polar surface area (TPSA) is 42.0 Å². The van der Waals surface area contributed by atoms with Crippen molar-refractivity contribution >= 4 is 5.91 Å². The summed E-state index contributed by atoms with van der Waals surface area (Å²) in [6.45, 7) is 7.53. The van der Waals surface area contributed by atoms with E-state index in [-0.39, 0.29) is 18.1 Å². The summed E-state index contributed by atoms with van der Waals surface area (Å²) >= 11 is 0. The van der Waals surface area contributed by atoms with Gasteiger partial charge in [0, 0.05) is 25.7 Å². The van der Waals surface area contributed by atoms with Gasteiger partial charge < -0.3 is 19.3 Å². The van der Waals surface area contributed by atoms with Gasteiger partial charge in [0.2, 0.25) is 0 Å². The highest BCUT2D eigenvalue weighted by Gasteiger charge is 2.30. The summed E-state index contributed by atoms with van der Waals surface area (Å²) < 4.78 is 11.3. The normalized spacial score (nSPS) is 28.9. The van der Waals surface area contributed by atoms with Crippen molar-refractivity contribution in [3.8, 4) is 0 Å². The summed E-state index contributed by atoms with van der Waals surface area (Å²) in [5.74, 6) is 0.153. The molecule has 5 heteroatoms. The summed E-state index contributed by atoms with van der Waals surface area (Å²) in [4.78, 5) is 17.2. The van der Waals surface area contributed by atoms with Crippen LogP contribution in [0.5, 0.6) is 0 Å². The molecule has 3 saturated heterocycles. The SMILES string of the molecule is C[C@H](OC[C@@H]1CCCO1)C(=O)N1CCC(N2CCCCC2)CC1. The molecule has 0 aromatic rings. The van der Waals surface area contributed by atoms with E-state index < -0.39 is 0 Å². The van der Waals surface area contributed by atoms with Gasteiger partial charge in [-0.2, -0.15) is 0 Å². The Labute approximate surface area is 140 Å². The van der Waals surface area contributed by atoms with Crippen molar-refractivity contribution in [2.75, 3.05) is 39.4 Å². The van der Waals surface area contributed by atoms with Gasteiger partial charge in [-0.3, -0.25) is 4.79 Å². The number of ether oxygens (including phenoxy) is 2. The average molecular weight is 324 g/mol. The van der Waals surface area contributed by atoms with Gasteiger partial charge in [0.15, 0.2) is 0 Å². The second-order valence-electron chi connectivity index (χ2n) is 7.26. The molecule has 3 heterocycles. The summed E-state index contributed by atoms with van der Waals surface area (Å²) in [6, 6.07) is 0.683. The molecule has 0 aliphatic carbocycles. The number of carbonyl (C=O) groups excluding carboxylic acids is 1. The number of likely N-dealkylation sites (tertiary alicyclic amines) is 2. The maximum absolute atomic E-state index is 12.5. The predicted molar refractivity (Wildman–Crippen MR) is 89.4 cm³/mol. The van der Waals surface area contributed by atoms with Gasteiger partial charge in [0.05, 0.1) is 12.7 Å². The lowest BCUT2D eigenvalue weighted by Gasteiger charge is -2.40. The average Bonchev–Trinajstić information content (AvgIpc) is 3.13. The van der Waals surface area contributed by atoms with E-state index in [4.69, 9.17) is 9.47 Å². The molecular weight excluding hydrogens is 292 g/mol. The summed E-state index contributed by atoms with van der Waals surface area (Å²) in [6.07, 6.45) is 8.31. The van der Waals surface area contributed by atoms with E-state index in [0.717, 1.165) is 45.4 Å². The lowest BCUT2D eigenvalue weighted by Crippen LogP contribution is -2.50. The molecule has 3 aliphatic rings. The highest BCUT2D eigenvalue weighted by Crippen LogP contribution is 2.21. The van der Waals surface area contributed by atoms with Gasteiger partial charge in [-0.05, 0) is 58.5 Å². The number of piperidine rings is 2.